The molecule has 2 aliphatic rings. The summed E-state index contributed by atoms with van der Waals surface area (Å²) in [5.41, 5.74) is 3.81. The van der Waals surface area contributed by atoms with Gasteiger partial charge in [-0.2, -0.15) is 4.31 Å². The average Bonchev–Trinajstić information content (AvgIpc) is 2.95. The minimum Gasteiger partial charge on any atom is -0.207 e. The molecule has 0 N–H and O–H groups in total. The van der Waals surface area contributed by atoms with Crippen molar-refractivity contribution in [2.45, 2.75) is 55.8 Å². The molecule has 1 aliphatic heterocycles. The van der Waals surface area contributed by atoms with Crippen LogP contribution in [-0.2, 0) is 22.9 Å². The van der Waals surface area contributed by atoms with Crippen molar-refractivity contribution >= 4 is 10.0 Å². The first-order valence-corrected chi connectivity index (χ1v) is 11.3. The first-order valence-electron chi connectivity index (χ1n) is 9.81. The van der Waals surface area contributed by atoms with Crippen molar-refractivity contribution in [3.63, 3.8) is 0 Å². The van der Waals surface area contributed by atoms with Gasteiger partial charge in [-0.15, -0.1) is 0 Å². The summed E-state index contributed by atoms with van der Waals surface area (Å²) in [4.78, 5) is 0.479. The lowest BCUT2D eigenvalue weighted by molar-refractivity contribution is 0.406. The van der Waals surface area contributed by atoms with Crippen LogP contribution in [0.4, 0.5) is 0 Å². The van der Waals surface area contributed by atoms with E-state index in [2.05, 4.69) is 12.1 Å². The molecule has 0 bridgehead atoms. The average molecular weight is 370 g/mol. The Balaban J connectivity index is 1.62. The van der Waals surface area contributed by atoms with Crippen LogP contribution in [0.5, 0.6) is 0 Å². The van der Waals surface area contributed by atoms with Gasteiger partial charge in [-0.25, -0.2) is 8.42 Å². The van der Waals surface area contributed by atoms with Gasteiger partial charge < -0.3 is 0 Å². The van der Waals surface area contributed by atoms with Gasteiger partial charge in [-0.05, 0) is 73.3 Å². The van der Waals surface area contributed by atoms with Crippen molar-refractivity contribution in [3.05, 3.63) is 65.2 Å². The molecule has 1 heterocycles. The van der Waals surface area contributed by atoms with E-state index < -0.39 is 10.0 Å². The Kier molecular flexibility index (Phi) is 5.14. The zero-order chi connectivity index (χ0) is 18.0. The van der Waals surface area contributed by atoms with E-state index in [1.165, 1.54) is 23.1 Å². The van der Waals surface area contributed by atoms with Gasteiger partial charge in [-0.1, -0.05) is 42.8 Å². The van der Waals surface area contributed by atoms with Gasteiger partial charge >= 0.3 is 0 Å². The third-order valence-corrected chi connectivity index (χ3v) is 7.72. The summed E-state index contributed by atoms with van der Waals surface area (Å²) in [5.74, 6) is 0.283. The second-order valence-corrected chi connectivity index (χ2v) is 9.54. The molecule has 1 atom stereocenters. The molecule has 0 radical (unpaired) electrons. The minimum absolute atomic E-state index is 0.283. The zero-order valence-electron chi connectivity index (χ0n) is 15.2. The fourth-order valence-corrected chi connectivity index (χ4v) is 5.92. The number of sulfonamides is 1. The molecule has 0 spiro atoms. The second-order valence-electron chi connectivity index (χ2n) is 7.60. The van der Waals surface area contributed by atoms with Gasteiger partial charge in [-0.3, -0.25) is 0 Å². The number of benzene rings is 2. The van der Waals surface area contributed by atoms with Gasteiger partial charge in [0.2, 0.25) is 10.0 Å². The lowest BCUT2D eigenvalue weighted by Crippen LogP contribution is -2.34. The Bertz CT molecular complexity index is 861. The minimum atomic E-state index is -3.43. The monoisotopic (exact) mass is 369 g/mol. The van der Waals surface area contributed by atoms with Crippen LogP contribution in [0.3, 0.4) is 0 Å². The third kappa shape index (κ3) is 3.58. The number of aryl methyl sites for hydroxylation is 2. The predicted molar refractivity (Wildman–Crippen MR) is 105 cm³/mol. The molecule has 138 valence electrons. The number of hydrogen-bond donors (Lipinski definition) is 0. The van der Waals surface area contributed by atoms with Gasteiger partial charge in [0.1, 0.15) is 0 Å². The molecule has 1 aliphatic carbocycles. The molecule has 2 aromatic rings. The quantitative estimate of drug-likeness (QED) is 0.797. The summed E-state index contributed by atoms with van der Waals surface area (Å²) in [6.45, 7) is 1.21. The Labute approximate surface area is 157 Å². The molecule has 1 fully saturated rings. The molecule has 4 rings (SSSR count). The SMILES string of the molecule is O=S(=O)(c1ccc2c(c1)CCCC2)N1CCCCC(c2ccccc2)C1. The van der Waals surface area contributed by atoms with Crippen molar-refractivity contribution in [2.24, 2.45) is 0 Å². The smallest absolute Gasteiger partial charge is 0.207 e. The Morgan fingerprint density at radius 2 is 1.62 bits per heavy atom. The Morgan fingerprint density at radius 3 is 2.42 bits per heavy atom. The van der Waals surface area contributed by atoms with Crippen LogP contribution in [0, 0.1) is 0 Å². The van der Waals surface area contributed by atoms with Crippen molar-refractivity contribution < 1.29 is 8.42 Å². The third-order valence-electron chi connectivity index (χ3n) is 5.86. The van der Waals surface area contributed by atoms with E-state index >= 15 is 0 Å². The predicted octanol–water partition coefficient (Wildman–Crippen LogP) is 4.52. The summed E-state index contributed by atoms with van der Waals surface area (Å²) in [6.07, 6.45) is 7.53. The molecule has 0 saturated carbocycles. The zero-order valence-corrected chi connectivity index (χ0v) is 16.0. The molecule has 2 aromatic carbocycles. The van der Waals surface area contributed by atoms with E-state index in [9.17, 15) is 8.42 Å². The van der Waals surface area contributed by atoms with E-state index in [-0.39, 0.29) is 5.92 Å². The maximum Gasteiger partial charge on any atom is 0.243 e. The lowest BCUT2D eigenvalue weighted by atomic mass is 9.92. The molecule has 26 heavy (non-hydrogen) atoms. The van der Waals surface area contributed by atoms with E-state index in [1.54, 1.807) is 4.31 Å². The highest BCUT2D eigenvalue weighted by Crippen LogP contribution is 2.31. The molecule has 3 nitrogen and oxygen atoms in total. The highest BCUT2D eigenvalue weighted by Gasteiger charge is 2.30. The molecule has 0 amide bonds. The fraction of sp³-hybridized carbons (Fsp3) is 0.455. The van der Waals surface area contributed by atoms with Crippen LogP contribution < -0.4 is 0 Å². The Hall–Kier alpha value is -1.65. The van der Waals surface area contributed by atoms with Crippen molar-refractivity contribution in [1.82, 2.24) is 4.31 Å². The highest BCUT2D eigenvalue weighted by molar-refractivity contribution is 7.89. The van der Waals surface area contributed by atoms with Crippen molar-refractivity contribution in [1.29, 1.82) is 0 Å². The summed E-state index contributed by atoms with van der Waals surface area (Å²) in [6, 6.07) is 16.1. The topological polar surface area (TPSA) is 37.4 Å². The van der Waals surface area contributed by atoms with Crippen LogP contribution in [-0.4, -0.2) is 25.8 Å². The number of nitrogens with zero attached hydrogens (tertiary/aromatic N) is 1. The number of rotatable bonds is 3. The summed E-state index contributed by atoms with van der Waals surface area (Å²) in [7, 11) is -3.43. The molecule has 4 heteroatoms. The van der Waals surface area contributed by atoms with E-state index in [1.807, 2.05) is 36.4 Å². The lowest BCUT2D eigenvalue weighted by Gasteiger charge is -2.25. The van der Waals surface area contributed by atoms with Gasteiger partial charge in [0.25, 0.3) is 0 Å². The Morgan fingerprint density at radius 1 is 0.846 bits per heavy atom. The van der Waals surface area contributed by atoms with E-state index in [0.717, 1.165) is 38.5 Å². The van der Waals surface area contributed by atoms with Crippen molar-refractivity contribution in [3.8, 4) is 0 Å². The first-order chi connectivity index (χ1) is 12.6. The standard InChI is InChI=1S/C22H27NO2S/c24-26(25,22-14-13-19-10-4-5-11-20(19)16-22)23-15-7-6-12-21(17-23)18-8-2-1-3-9-18/h1-3,8-9,13-14,16,21H,4-7,10-12,15,17H2. The van der Waals surface area contributed by atoms with Crippen LogP contribution in [0.25, 0.3) is 0 Å². The molecule has 1 unspecified atom stereocenters. The molecule has 0 aromatic heterocycles. The summed E-state index contributed by atoms with van der Waals surface area (Å²) < 4.78 is 28.4. The van der Waals surface area contributed by atoms with Crippen LogP contribution in [0.15, 0.2) is 53.4 Å². The fourth-order valence-electron chi connectivity index (χ4n) is 4.34. The van der Waals surface area contributed by atoms with Crippen LogP contribution in [0.2, 0.25) is 0 Å². The van der Waals surface area contributed by atoms with E-state index in [4.69, 9.17) is 0 Å². The van der Waals surface area contributed by atoms with Gasteiger partial charge in [0.05, 0.1) is 4.90 Å². The van der Waals surface area contributed by atoms with Crippen molar-refractivity contribution in [2.75, 3.05) is 13.1 Å². The highest BCUT2D eigenvalue weighted by atomic mass is 32.2. The number of hydrogen-bond acceptors (Lipinski definition) is 2. The first kappa shape index (κ1) is 17.7. The summed E-state index contributed by atoms with van der Waals surface area (Å²) in [5, 5.41) is 0. The normalized spacial score (nSPS) is 21.8. The number of fused-ring (bicyclic) bond motifs is 1. The summed E-state index contributed by atoms with van der Waals surface area (Å²) >= 11 is 0. The van der Waals surface area contributed by atoms with Crippen LogP contribution >= 0.6 is 0 Å². The maximum atomic E-state index is 13.3. The second kappa shape index (κ2) is 7.53. The molecule has 1 saturated heterocycles. The van der Waals surface area contributed by atoms with Crippen LogP contribution in [0.1, 0.15) is 54.7 Å². The largest absolute Gasteiger partial charge is 0.243 e. The molecular formula is C22H27NO2S. The maximum absolute atomic E-state index is 13.3. The van der Waals surface area contributed by atoms with Gasteiger partial charge in [0, 0.05) is 13.1 Å². The van der Waals surface area contributed by atoms with Gasteiger partial charge in [0.15, 0.2) is 0 Å². The van der Waals surface area contributed by atoms with E-state index in [0.29, 0.717) is 18.0 Å². The molecular weight excluding hydrogens is 342 g/mol.